The smallest absolute Gasteiger partial charge is 0.257 e. The average molecular weight is 378 g/mol. The highest BCUT2D eigenvalue weighted by Crippen LogP contribution is 2.47. The lowest BCUT2D eigenvalue weighted by Gasteiger charge is -2.38. The van der Waals surface area contributed by atoms with Crippen LogP contribution >= 0.6 is 0 Å². The summed E-state index contributed by atoms with van der Waals surface area (Å²) >= 11 is 0. The molecule has 2 aromatic rings. The number of allylic oxidation sites excluding steroid dienone is 2. The van der Waals surface area contributed by atoms with Gasteiger partial charge < -0.3 is 15.2 Å². The lowest BCUT2D eigenvalue weighted by molar-refractivity contribution is -0.118. The van der Waals surface area contributed by atoms with Gasteiger partial charge in [0.1, 0.15) is 11.6 Å². The summed E-state index contributed by atoms with van der Waals surface area (Å²) in [5, 5.41) is 3.32. The van der Waals surface area contributed by atoms with E-state index in [9.17, 15) is 9.59 Å². The van der Waals surface area contributed by atoms with E-state index in [0.717, 1.165) is 23.4 Å². The lowest BCUT2D eigenvalue weighted by atomic mass is 9.69. The predicted molar refractivity (Wildman–Crippen MR) is 111 cm³/mol. The maximum absolute atomic E-state index is 13.2. The van der Waals surface area contributed by atoms with Crippen molar-refractivity contribution in [1.82, 2.24) is 9.97 Å². The fraction of sp³-hybridized carbons (Fsp3) is 0.409. The van der Waals surface area contributed by atoms with Crippen LogP contribution < -0.4 is 15.8 Å². The van der Waals surface area contributed by atoms with Gasteiger partial charge in [-0.3, -0.25) is 9.59 Å². The maximum atomic E-state index is 13.2. The van der Waals surface area contributed by atoms with E-state index >= 15 is 0 Å². The Morgan fingerprint density at radius 3 is 2.43 bits per heavy atom. The first-order valence-electron chi connectivity index (χ1n) is 9.58. The molecule has 0 saturated heterocycles. The summed E-state index contributed by atoms with van der Waals surface area (Å²) in [7, 11) is 3.97. The number of aromatic amines is 1. The van der Waals surface area contributed by atoms with Crippen LogP contribution in [0.4, 0.5) is 11.5 Å². The fourth-order valence-electron chi connectivity index (χ4n) is 4.32. The summed E-state index contributed by atoms with van der Waals surface area (Å²) in [5.74, 6) is 0.824. The van der Waals surface area contributed by atoms with Gasteiger partial charge in [0, 0.05) is 43.4 Å². The number of benzene rings is 1. The number of nitrogens with one attached hydrogen (secondary N) is 2. The van der Waals surface area contributed by atoms with E-state index in [2.05, 4.69) is 29.1 Å². The summed E-state index contributed by atoms with van der Waals surface area (Å²) in [6.07, 6.45) is 1.24. The van der Waals surface area contributed by atoms with Crippen molar-refractivity contribution in [2.24, 2.45) is 5.41 Å². The van der Waals surface area contributed by atoms with Gasteiger partial charge in [0.2, 0.25) is 0 Å². The Morgan fingerprint density at radius 2 is 1.79 bits per heavy atom. The van der Waals surface area contributed by atoms with E-state index < -0.39 is 5.92 Å². The second-order valence-electron chi connectivity index (χ2n) is 8.79. The number of anilines is 2. The van der Waals surface area contributed by atoms with E-state index in [1.807, 2.05) is 43.3 Å². The van der Waals surface area contributed by atoms with Crippen LogP contribution in [0.15, 0.2) is 40.3 Å². The van der Waals surface area contributed by atoms with Crippen LogP contribution in [0.25, 0.3) is 0 Å². The first-order valence-corrected chi connectivity index (χ1v) is 9.58. The van der Waals surface area contributed by atoms with Gasteiger partial charge in [0.05, 0.1) is 5.56 Å². The van der Waals surface area contributed by atoms with E-state index in [1.54, 1.807) is 6.92 Å². The Balaban J connectivity index is 1.94. The van der Waals surface area contributed by atoms with Crippen molar-refractivity contribution in [2.45, 2.75) is 39.5 Å². The van der Waals surface area contributed by atoms with Crippen LogP contribution in [-0.4, -0.2) is 29.8 Å². The predicted octanol–water partition coefficient (Wildman–Crippen LogP) is 3.34. The van der Waals surface area contributed by atoms with E-state index in [-0.39, 0.29) is 16.8 Å². The molecule has 1 atom stereocenters. The molecule has 0 saturated carbocycles. The highest BCUT2D eigenvalue weighted by Gasteiger charge is 2.42. The third-order valence-corrected chi connectivity index (χ3v) is 5.58. The second-order valence-corrected chi connectivity index (χ2v) is 8.79. The molecule has 0 radical (unpaired) electrons. The minimum absolute atomic E-state index is 0.103. The van der Waals surface area contributed by atoms with Gasteiger partial charge in [-0.1, -0.05) is 26.0 Å². The number of hydrogen-bond acceptors (Lipinski definition) is 5. The Morgan fingerprint density at radius 1 is 1.11 bits per heavy atom. The number of Topliss-reactive ketones (excluding diaryl/α,β-unsaturated/α-hetero) is 1. The van der Waals surface area contributed by atoms with Crippen LogP contribution in [0.3, 0.4) is 0 Å². The highest BCUT2D eigenvalue weighted by atomic mass is 16.1. The van der Waals surface area contributed by atoms with Crippen LogP contribution in [-0.2, 0) is 4.79 Å². The van der Waals surface area contributed by atoms with Gasteiger partial charge in [-0.15, -0.1) is 0 Å². The molecule has 4 rings (SSSR count). The van der Waals surface area contributed by atoms with E-state index in [1.165, 1.54) is 0 Å². The molecule has 28 heavy (non-hydrogen) atoms. The number of rotatable bonds is 2. The van der Waals surface area contributed by atoms with Gasteiger partial charge >= 0.3 is 0 Å². The van der Waals surface area contributed by atoms with Gasteiger partial charge in [-0.05, 0) is 36.5 Å². The SMILES string of the molecule is Cc1nc2c(c(=O)[nH]1)C(c1ccc(N(C)C)cc1)C1=C(CC(C)(C)CC1=O)N2. The Hall–Kier alpha value is -2.89. The quantitative estimate of drug-likeness (QED) is 0.838. The van der Waals surface area contributed by atoms with Crippen molar-refractivity contribution < 1.29 is 4.79 Å². The molecule has 1 unspecified atom stereocenters. The number of aromatic nitrogens is 2. The number of ketones is 1. The highest BCUT2D eigenvalue weighted by molar-refractivity contribution is 6.01. The summed E-state index contributed by atoms with van der Waals surface area (Å²) < 4.78 is 0. The number of nitrogens with zero attached hydrogens (tertiary/aromatic N) is 2. The topological polar surface area (TPSA) is 78.1 Å². The fourth-order valence-corrected chi connectivity index (χ4v) is 4.32. The molecule has 146 valence electrons. The third kappa shape index (κ3) is 3.03. The molecule has 6 nitrogen and oxygen atoms in total. The third-order valence-electron chi connectivity index (χ3n) is 5.58. The van der Waals surface area contributed by atoms with Crippen molar-refractivity contribution in [1.29, 1.82) is 0 Å². The van der Waals surface area contributed by atoms with Crippen molar-refractivity contribution >= 4 is 17.3 Å². The summed E-state index contributed by atoms with van der Waals surface area (Å²) in [6, 6.07) is 8.05. The Labute approximate surface area is 164 Å². The minimum Gasteiger partial charge on any atom is -0.378 e. The maximum Gasteiger partial charge on any atom is 0.257 e. The summed E-state index contributed by atoms with van der Waals surface area (Å²) in [6.45, 7) is 5.97. The molecule has 0 spiro atoms. The van der Waals surface area contributed by atoms with Crippen LogP contribution in [0.5, 0.6) is 0 Å². The molecule has 0 bridgehead atoms. The zero-order valence-electron chi connectivity index (χ0n) is 17.0. The van der Waals surface area contributed by atoms with Crippen LogP contribution in [0, 0.1) is 12.3 Å². The first kappa shape index (κ1) is 18.5. The summed E-state index contributed by atoms with van der Waals surface area (Å²) in [5.41, 5.74) is 3.82. The second kappa shape index (κ2) is 6.33. The minimum atomic E-state index is -0.400. The van der Waals surface area contributed by atoms with Gasteiger partial charge in [0.15, 0.2) is 5.78 Å². The van der Waals surface area contributed by atoms with Gasteiger partial charge in [0.25, 0.3) is 5.56 Å². The monoisotopic (exact) mass is 378 g/mol. The number of H-pyrrole nitrogens is 1. The number of carbonyl (C=O) groups is 1. The first-order chi connectivity index (χ1) is 13.2. The van der Waals surface area contributed by atoms with E-state index in [0.29, 0.717) is 29.2 Å². The molecule has 0 fully saturated rings. The van der Waals surface area contributed by atoms with Crippen molar-refractivity contribution in [3.8, 4) is 0 Å². The largest absolute Gasteiger partial charge is 0.378 e. The number of aryl methyl sites for hydroxylation is 1. The van der Waals surface area contributed by atoms with Crippen molar-refractivity contribution in [3.63, 3.8) is 0 Å². The molecule has 1 aromatic carbocycles. The molecule has 0 amide bonds. The molecule has 1 aliphatic heterocycles. The molecule has 1 aliphatic carbocycles. The van der Waals surface area contributed by atoms with Crippen LogP contribution in [0.2, 0.25) is 0 Å². The van der Waals surface area contributed by atoms with Crippen molar-refractivity contribution in [3.05, 3.63) is 62.8 Å². The number of fused-ring (bicyclic) bond motifs is 1. The molecule has 2 aliphatic rings. The molecular formula is C22H26N4O2. The molecule has 6 heteroatoms. The average Bonchev–Trinajstić information content (AvgIpc) is 2.58. The normalized spacial score (nSPS) is 20.3. The van der Waals surface area contributed by atoms with Gasteiger partial charge in [-0.25, -0.2) is 4.98 Å². The molecule has 2 heterocycles. The zero-order valence-corrected chi connectivity index (χ0v) is 17.0. The standard InChI is InChI=1S/C22H26N4O2/c1-12-23-20-19(21(28)24-12)17(13-6-8-14(9-7-13)26(4)5)18-15(25-20)10-22(2,3)11-16(18)27/h6-9,17H,10-11H2,1-5H3,(H2,23,24,25,28). The lowest BCUT2D eigenvalue weighted by Crippen LogP contribution is -2.37. The molecule has 2 N–H and O–H groups in total. The number of carbonyl (C=O) groups excluding carboxylic acids is 1. The summed E-state index contributed by atoms with van der Waals surface area (Å²) in [4.78, 5) is 35.4. The van der Waals surface area contributed by atoms with Crippen LogP contribution in [0.1, 0.15) is 49.6 Å². The zero-order chi connectivity index (χ0) is 20.2. The Kier molecular flexibility index (Phi) is 4.17. The Bertz CT molecular complexity index is 1050. The van der Waals surface area contributed by atoms with E-state index in [4.69, 9.17) is 0 Å². The van der Waals surface area contributed by atoms with Crippen molar-refractivity contribution in [2.75, 3.05) is 24.3 Å². The van der Waals surface area contributed by atoms with Gasteiger partial charge in [-0.2, -0.15) is 0 Å². The molecular weight excluding hydrogens is 352 g/mol. The number of hydrogen-bond donors (Lipinski definition) is 2. The molecule has 1 aromatic heterocycles.